The Bertz CT molecular complexity index is 2070. The smallest absolute Gasteiger partial charge is 0.462 e. The van der Waals surface area contributed by atoms with Crippen molar-refractivity contribution < 1.29 is 42.1 Å². The fraction of sp³-hybridized carbons (Fsp3) is 0.750. The van der Waals surface area contributed by atoms with Crippen LogP contribution < -0.4 is 0 Å². The Morgan fingerprint density at radius 1 is 0.327 bits per heavy atom. The summed E-state index contributed by atoms with van der Waals surface area (Å²) in [4.78, 5) is 36.0. The summed E-state index contributed by atoms with van der Waals surface area (Å²) in [6.07, 6.45) is 112. The molecule has 0 fully saturated rings. The topological polar surface area (TPSA) is 108 Å². The van der Waals surface area contributed by atoms with Crippen LogP contribution in [0.25, 0.3) is 0 Å². The fourth-order valence-corrected chi connectivity index (χ4v) is 12.5. The average molecular weight is 1390 g/mol. The molecule has 98 heavy (non-hydrogen) atoms. The van der Waals surface area contributed by atoms with Gasteiger partial charge in [0.15, 0.2) is 6.10 Å². The van der Waals surface area contributed by atoms with Gasteiger partial charge in [0.2, 0.25) is 0 Å². The third kappa shape index (κ3) is 81.4. The van der Waals surface area contributed by atoms with Gasteiger partial charge in [0.25, 0.3) is 0 Å². The standard InChI is InChI=1S/C88H156NO8P/c1-6-8-10-12-14-16-18-20-22-24-26-28-30-32-34-36-38-40-41-42-43-44-45-46-47-49-51-53-55-57-59-61-63-65-67-69-71-73-75-77-79-81-88(91)97-86(85-96-98(92,93)95-83-82-89(3,4)5)84-94-87(90)80-78-76-74-72-70-68-66-64-62-60-58-56-54-52-50-48-39-37-35-33-31-29-27-25-23-21-19-17-15-13-11-9-7-2/h8,10,14,16,19-22,25-28,31-34,38,40,42-43,86H,6-7,9,11-13,15,17-18,23-24,29-30,35-37,39,41,44-85H2,1-5H3/p+1/b10-8-,16-14-,21-19-,22-20-,27-25-,28-26-,33-31-,34-32-,40-38-,43-42-. The number of phosphoric acid groups is 1. The number of unbranched alkanes of at least 4 members (excludes halogenated alkanes) is 42. The van der Waals surface area contributed by atoms with Crippen LogP contribution in [0, 0.1) is 0 Å². The molecule has 0 aliphatic carbocycles. The molecule has 10 heteroatoms. The number of esters is 2. The van der Waals surface area contributed by atoms with Crippen molar-refractivity contribution in [2.45, 2.75) is 380 Å². The van der Waals surface area contributed by atoms with Crippen LogP contribution in [0.4, 0.5) is 0 Å². The largest absolute Gasteiger partial charge is 0.472 e. The molecule has 0 aliphatic heterocycles. The lowest BCUT2D eigenvalue weighted by Gasteiger charge is -2.24. The number of rotatable bonds is 76. The summed E-state index contributed by atoms with van der Waals surface area (Å²) < 4.78 is 34.9. The summed E-state index contributed by atoms with van der Waals surface area (Å²) >= 11 is 0. The van der Waals surface area contributed by atoms with Gasteiger partial charge in [-0.2, -0.15) is 0 Å². The van der Waals surface area contributed by atoms with Gasteiger partial charge in [0.1, 0.15) is 19.8 Å². The average Bonchev–Trinajstić information content (AvgIpc) is 1.08. The zero-order valence-corrected chi connectivity index (χ0v) is 65.6. The summed E-state index contributed by atoms with van der Waals surface area (Å²) in [5.41, 5.74) is 0. The van der Waals surface area contributed by atoms with Crippen molar-refractivity contribution in [2.24, 2.45) is 0 Å². The van der Waals surface area contributed by atoms with Crippen molar-refractivity contribution in [2.75, 3.05) is 47.5 Å². The Balaban J connectivity index is 3.94. The van der Waals surface area contributed by atoms with Crippen LogP contribution >= 0.6 is 7.82 Å². The predicted octanol–water partition coefficient (Wildman–Crippen LogP) is 27.7. The van der Waals surface area contributed by atoms with E-state index in [1.54, 1.807) is 0 Å². The van der Waals surface area contributed by atoms with Crippen LogP contribution in [0.15, 0.2) is 122 Å². The highest BCUT2D eigenvalue weighted by atomic mass is 31.2. The Morgan fingerprint density at radius 2 is 0.582 bits per heavy atom. The van der Waals surface area contributed by atoms with Gasteiger partial charge in [-0.1, -0.05) is 373 Å². The van der Waals surface area contributed by atoms with Crippen molar-refractivity contribution >= 4 is 19.8 Å². The number of carbonyl (C=O) groups is 2. The number of ether oxygens (including phenoxy) is 2. The van der Waals surface area contributed by atoms with Gasteiger partial charge in [0.05, 0.1) is 27.7 Å². The van der Waals surface area contributed by atoms with Gasteiger partial charge in [-0.3, -0.25) is 18.6 Å². The van der Waals surface area contributed by atoms with E-state index in [4.69, 9.17) is 18.5 Å². The second kappa shape index (κ2) is 77.6. The molecular weight excluding hydrogens is 1230 g/mol. The minimum Gasteiger partial charge on any atom is -0.462 e. The molecule has 0 radical (unpaired) electrons. The van der Waals surface area contributed by atoms with E-state index in [0.29, 0.717) is 17.4 Å². The minimum absolute atomic E-state index is 0.0304. The molecule has 0 saturated heterocycles. The van der Waals surface area contributed by atoms with Gasteiger partial charge < -0.3 is 18.9 Å². The second-order valence-corrected chi connectivity index (χ2v) is 30.2. The van der Waals surface area contributed by atoms with Gasteiger partial charge in [-0.05, 0) is 109 Å². The number of quaternary nitrogens is 1. The summed E-state index contributed by atoms with van der Waals surface area (Å²) in [5, 5.41) is 0. The lowest BCUT2D eigenvalue weighted by atomic mass is 10.0. The molecule has 2 atom stereocenters. The molecular formula is C88H157NO8P+. The first-order valence-electron chi connectivity index (χ1n) is 41.3. The first-order chi connectivity index (χ1) is 48.0. The van der Waals surface area contributed by atoms with Crippen LogP contribution in [-0.2, 0) is 32.7 Å². The number of carbonyl (C=O) groups excluding carboxylic acids is 2. The predicted molar refractivity (Wildman–Crippen MR) is 427 cm³/mol. The number of hydrogen-bond acceptors (Lipinski definition) is 7. The van der Waals surface area contributed by atoms with E-state index in [0.717, 1.165) is 89.9 Å². The maximum atomic E-state index is 12.9. The Kier molecular flexibility index (Phi) is 74.7. The van der Waals surface area contributed by atoms with Gasteiger partial charge in [-0.15, -0.1) is 0 Å². The Morgan fingerprint density at radius 3 is 0.867 bits per heavy atom. The van der Waals surface area contributed by atoms with Crippen molar-refractivity contribution in [1.82, 2.24) is 0 Å². The number of phosphoric ester groups is 1. The molecule has 0 rings (SSSR count). The van der Waals surface area contributed by atoms with Gasteiger partial charge in [-0.25, -0.2) is 4.57 Å². The van der Waals surface area contributed by atoms with Crippen molar-refractivity contribution in [3.05, 3.63) is 122 Å². The molecule has 0 amide bonds. The molecule has 0 aliphatic rings. The second-order valence-electron chi connectivity index (χ2n) is 28.8. The van der Waals surface area contributed by atoms with Crippen LogP contribution in [0.5, 0.6) is 0 Å². The van der Waals surface area contributed by atoms with Crippen molar-refractivity contribution in [3.63, 3.8) is 0 Å². The normalized spacial score (nSPS) is 13.7. The molecule has 566 valence electrons. The third-order valence-corrected chi connectivity index (χ3v) is 19.0. The van der Waals surface area contributed by atoms with E-state index in [9.17, 15) is 19.0 Å². The lowest BCUT2D eigenvalue weighted by molar-refractivity contribution is -0.870. The molecule has 0 spiro atoms. The van der Waals surface area contributed by atoms with Crippen LogP contribution in [0.1, 0.15) is 373 Å². The zero-order valence-electron chi connectivity index (χ0n) is 64.8. The van der Waals surface area contributed by atoms with Crippen molar-refractivity contribution in [1.29, 1.82) is 0 Å². The fourth-order valence-electron chi connectivity index (χ4n) is 11.7. The number of likely N-dealkylation sites (N-methyl/N-ethyl adjacent to an activating group) is 1. The molecule has 0 bridgehead atoms. The summed E-state index contributed by atoms with van der Waals surface area (Å²) in [6, 6.07) is 0. The molecule has 9 nitrogen and oxygen atoms in total. The summed E-state index contributed by atoms with van der Waals surface area (Å²) in [6.45, 7) is 4.35. The van der Waals surface area contributed by atoms with Gasteiger partial charge >= 0.3 is 19.8 Å². The van der Waals surface area contributed by atoms with Crippen LogP contribution in [-0.4, -0.2) is 74.9 Å². The molecule has 0 aromatic heterocycles. The monoisotopic (exact) mass is 1390 g/mol. The number of nitrogens with zero attached hydrogens (tertiary/aromatic N) is 1. The summed E-state index contributed by atoms with van der Waals surface area (Å²) in [7, 11) is 1.49. The number of allylic oxidation sites excluding steroid dienone is 20. The molecule has 2 unspecified atom stereocenters. The molecule has 0 heterocycles. The van der Waals surface area contributed by atoms with Crippen LogP contribution in [0.3, 0.4) is 0 Å². The maximum Gasteiger partial charge on any atom is 0.472 e. The molecule has 0 aromatic rings. The lowest BCUT2D eigenvalue weighted by Crippen LogP contribution is -2.37. The van der Waals surface area contributed by atoms with E-state index in [1.807, 2.05) is 21.1 Å². The van der Waals surface area contributed by atoms with E-state index in [1.165, 1.54) is 250 Å². The first kappa shape index (κ1) is 94.4. The first-order valence-corrected chi connectivity index (χ1v) is 42.8. The van der Waals surface area contributed by atoms with E-state index < -0.39 is 26.5 Å². The van der Waals surface area contributed by atoms with Crippen molar-refractivity contribution in [3.8, 4) is 0 Å². The molecule has 1 N–H and O–H groups in total. The Hall–Kier alpha value is -3.59. The third-order valence-electron chi connectivity index (χ3n) is 18.0. The highest BCUT2D eigenvalue weighted by Gasteiger charge is 2.27. The maximum absolute atomic E-state index is 12.9. The molecule has 0 saturated carbocycles. The minimum atomic E-state index is -4.40. The molecule has 0 aromatic carbocycles. The van der Waals surface area contributed by atoms with E-state index in [2.05, 4.69) is 135 Å². The Labute approximate surface area is 607 Å². The van der Waals surface area contributed by atoms with E-state index in [-0.39, 0.29) is 32.0 Å². The van der Waals surface area contributed by atoms with Crippen LogP contribution in [0.2, 0.25) is 0 Å². The zero-order chi connectivity index (χ0) is 71.1. The SMILES string of the molecule is CC/C=C\C/C=C\C/C=C\C/C=C\C/C=C\C/C=C\C/C=C\CCCCCCCCCCCCCCCCCCCCCC(=O)OC(COC(=O)CCCCCCCCCCCCCCCCCCCC/C=C\C/C=C\C/C=C\CCCCCCC)COP(=O)(O)OCC[N+](C)(C)C. The highest BCUT2D eigenvalue weighted by molar-refractivity contribution is 7.47. The summed E-state index contributed by atoms with van der Waals surface area (Å²) in [5.74, 6) is -0.783. The number of hydrogen-bond donors (Lipinski definition) is 1. The van der Waals surface area contributed by atoms with E-state index >= 15 is 0 Å². The quantitative estimate of drug-likeness (QED) is 0.0211. The van der Waals surface area contributed by atoms with Gasteiger partial charge in [0, 0.05) is 12.8 Å². The highest BCUT2D eigenvalue weighted by Crippen LogP contribution is 2.43.